The first kappa shape index (κ1) is 14.0. The van der Waals surface area contributed by atoms with E-state index in [9.17, 15) is 4.79 Å². The number of aryl methyl sites for hydroxylation is 1. The molecule has 106 valence electrons. The van der Waals surface area contributed by atoms with Crippen LogP contribution >= 0.6 is 0 Å². The van der Waals surface area contributed by atoms with Gasteiger partial charge < -0.3 is 15.2 Å². The van der Waals surface area contributed by atoms with Gasteiger partial charge in [0.15, 0.2) is 0 Å². The molecule has 0 aliphatic rings. The third kappa shape index (κ3) is 3.81. The Balaban J connectivity index is 1.82. The van der Waals surface area contributed by atoms with Crippen molar-refractivity contribution < 1.29 is 9.32 Å². The lowest BCUT2D eigenvalue weighted by atomic mass is 10.2. The molecule has 0 aliphatic carbocycles. The SMILES string of the molecule is CCNC(=O)c1noc(CCNc2ccc(C)cc2)n1. The summed E-state index contributed by atoms with van der Waals surface area (Å²) < 4.78 is 5.03. The number of nitrogens with one attached hydrogen (secondary N) is 2. The average molecular weight is 274 g/mol. The second-order valence-corrected chi connectivity index (χ2v) is 4.41. The van der Waals surface area contributed by atoms with Crippen molar-refractivity contribution in [2.24, 2.45) is 0 Å². The Morgan fingerprint density at radius 1 is 1.30 bits per heavy atom. The molecule has 0 aliphatic heterocycles. The molecule has 1 aromatic heterocycles. The smallest absolute Gasteiger partial charge is 0.292 e. The lowest BCUT2D eigenvalue weighted by Gasteiger charge is -2.04. The Labute approximate surface area is 117 Å². The number of carbonyl (C=O) groups is 1. The largest absolute Gasteiger partial charge is 0.385 e. The monoisotopic (exact) mass is 274 g/mol. The summed E-state index contributed by atoms with van der Waals surface area (Å²) in [6, 6.07) is 8.12. The van der Waals surface area contributed by atoms with Crippen LogP contribution in [0.3, 0.4) is 0 Å². The zero-order chi connectivity index (χ0) is 14.4. The van der Waals surface area contributed by atoms with Gasteiger partial charge in [-0.25, -0.2) is 0 Å². The molecule has 0 unspecified atom stereocenters. The molecular weight excluding hydrogens is 256 g/mol. The van der Waals surface area contributed by atoms with E-state index in [4.69, 9.17) is 4.52 Å². The maximum atomic E-state index is 11.5. The van der Waals surface area contributed by atoms with Crippen molar-refractivity contribution >= 4 is 11.6 Å². The molecule has 0 radical (unpaired) electrons. The van der Waals surface area contributed by atoms with Gasteiger partial charge in [0.2, 0.25) is 5.89 Å². The van der Waals surface area contributed by atoms with Crippen molar-refractivity contribution in [1.82, 2.24) is 15.5 Å². The van der Waals surface area contributed by atoms with Crippen LogP contribution in [-0.2, 0) is 6.42 Å². The van der Waals surface area contributed by atoms with Gasteiger partial charge in [-0.3, -0.25) is 4.79 Å². The first-order valence-corrected chi connectivity index (χ1v) is 6.60. The minimum absolute atomic E-state index is 0.0807. The fourth-order valence-corrected chi connectivity index (χ4v) is 1.67. The van der Waals surface area contributed by atoms with Gasteiger partial charge in [0.05, 0.1) is 0 Å². The van der Waals surface area contributed by atoms with E-state index in [0.29, 0.717) is 25.4 Å². The molecule has 6 nitrogen and oxygen atoms in total. The molecule has 20 heavy (non-hydrogen) atoms. The lowest BCUT2D eigenvalue weighted by Crippen LogP contribution is -2.23. The molecular formula is C14H18N4O2. The molecule has 2 N–H and O–H groups in total. The number of rotatable bonds is 6. The molecule has 0 saturated carbocycles. The molecule has 6 heteroatoms. The number of carbonyl (C=O) groups excluding carboxylic acids is 1. The van der Waals surface area contributed by atoms with Gasteiger partial charge in [0.25, 0.3) is 11.7 Å². The fraction of sp³-hybridized carbons (Fsp3) is 0.357. The van der Waals surface area contributed by atoms with Crippen molar-refractivity contribution in [3.63, 3.8) is 0 Å². The van der Waals surface area contributed by atoms with Crippen LogP contribution in [-0.4, -0.2) is 29.1 Å². The molecule has 0 spiro atoms. The fourth-order valence-electron chi connectivity index (χ4n) is 1.67. The van der Waals surface area contributed by atoms with Gasteiger partial charge in [-0.2, -0.15) is 4.98 Å². The Morgan fingerprint density at radius 2 is 2.05 bits per heavy atom. The molecule has 1 aromatic carbocycles. The highest BCUT2D eigenvalue weighted by Crippen LogP contribution is 2.08. The summed E-state index contributed by atoms with van der Waals surface area (Å²) in [5, 5.41) is 9.52. The topological polar surface area (TPSA) is 80.0 Å². The number of amides is 1. The molecule has 2 rings (SSSR count). The van der Waals surface area contributed by atoms with Crippen LogP contribution in [0.15, 0.2) is 28.8 Å². The highest BCUT2D eigenvalue weighted by Gasteiger charge is 2.12. The standard InChI is InChI=1S/C14H18N4O2/c1-3-15-14(19)13-17-12(20-18-13)8-9-16-11-6-4-10(2)5-7-11/h4-7,16H,3,8-9H2,1-2H3,(H,15,19). The van der Waals surface area contributed by atoms with Crippen LogP contribution in [0.2, 0.25) is 0 Å². The highest BCUT2D eigenvalue weighted by molar-refractivity contribution is 5.90. The van der Waals surface area contributed by atoms with Crippen LogP contribution in [0.25, 0.3) is 0 Å². The van der Waals surface area contributed by atoms with Crippen molar-refractivity contribution in [3.8, 4) is 0 Å². The summed E-state index contributed by atoms with van der Waals surface area (Å²) in [6.45, 7) is 5.09. The van der Waals surface area contributed by atoms with E-state index < -0.39 is 0 Å². The summed E-state index contributed by atoms with van der Waals surface area (Å²) in [5.74, 6) is 0.219. The third-order valence-electron chi connectivity index (χ3n) is 2.73. The van der Waals surface area contributed by atoms with Crippen LogP contribution < -0.4 is 10.6 Å². The number of hydrogen-bond acceptors (Lipinski definition) is 5. The molecule has 0 fully saturated rings. The van der Waals surface area contributed by atoms with Crippen LogP contribution in [0, 0.1) is 6.92 Å². The normalized spacial score (nSPS) is 10.3. The number of aromatic nitrogens is 2. The predicted octanol–water partition coefficient (Wildman–Crippen LogP) is 1.78. The predicted molar refractivity (Wildman–Crippen MR) is 75.7 cm³/mol. The Morgan fingerprint density at radius 3 is 2.75 bits per heavy atom. The molecule has 0 bridgehead atoms. The Hall–Kier alpha value is -2.37. The highest BCUT2D eigenvalue weighted by atomic mass is 16.5. The van der Waals surface area contributed by atoms with Gasteiger partial charge in [0, 0.05) is 25.2 Å². The third-order valence-corrected chi connectivity index (χ3v) is 2.73. The number of hydrogen-bond donors (Lipinski definition) is 2. The summed E-state index contributed by atoms with van der Waals surface area (Å²) in [7, 11) is 0. The van der Waals surface area contributed by atoms with Gasteiger partial charge in [-0.05, 0) is 26.0 Å². The van der Waals surface area contributed by atoms with Gasteiger partial charge in [0.1, 0.15) is 0 Å². The Kier molecular flexibility index (Phi) is 4.70. The van der Waals surface area contributed by atoms with E-state index >= 15 is 0 Å². The van der Waals surface area contributed by atoms with E-state index in [1.165, 1.54) is 5.56 Å². The van der Waals surface area contributed by atoms with Crippen LogP contribution in [0.4, 0.5) is 5.69 Å². The van der Waals surface area contributed by atoms with Crippen molar-refractivity contribution in [2.75, 3.05) is 18.4 Å². The molecule has 2 aromatic rings. The minimum Gasteiger partial charge on any atom is -0.385 e. The number of benzene rings is 1. The van der Waals surface area contributed by atoms with E-state index in [1.54, 1.807) is 0 Å². The van der Waals surface area contributed by atoms with E-state index in [-0.39, 0.29) is 11.7 Å². The first-order valence-electron chi connectivity index (χ1n) is 6.60. The second-order valence-electron chi connectivity index (χ2n) is 4.41. The number of nitrogens with zero attached hydrogens (tertiary/aromatic N) is 2. The molecule has 0 atom stereocenters. The average Bonchev–Trinajstić information content (AvgIpc) is 2.90. The lowest BCUT2D eigenvalue weighted by molar-refractivity contribution is 0.0942. The summed E-state index contributed by atoms with van der Waals surface area (Å²) in [4.78, 5) is 15.5. The molecule has 0 saturated heterocycles. The Bertz CT molecular complexity index is 563. The van der Waals surface area contributed by atoms with Gasteiger partial charge in [-0.15, -0.1) is 0 Å². The minimum atomic E-state index is -0.311. The van der Waals surface area contributed by atoms with Crippen LogP contribution in [0.1, 0.15) is 29.0 Å². The van der Waals surface area contributed by atoms with Crippen molar-refractivity contribution in [3.05, 3.63) is 41.5 Å². The molecule has 1 heterocycles. The van der Waals surface area contributed by atoms with E-state index in [1.807, 2.05) is 38.1 Å². The van der Waals surface area contributed by atoms with Crippen molar-refractivity contribution in [2.45, 2.75) is 20.3 Å². The van der Waals surface area contributed by atoms with Gasteiger partial charge in [-0.1, -0.05) is 22.9 Å². The van der Waals surface area contributed by atoms with E-state index in [2.05, 4.69) is 20.8 Å². The maximum absolute atomic E-state index is 11.5. The summed E-state index contributed by atoms with van der Waals surface area (Å²) in [6.07, 6.45) is 0.570. The van der Waals surface area contributed by atoms with E-state index in [0.717, 1.165) is 5.69 Å². The number of anilines is 1. The zero-order valence-corrected chi connectivity index (χ0v) is 11.6. The summed E-state index contributed by atoms with van der Waals surface area (Å²) in [5.41, 5.74) is 2.26. The zero-order valence-electron chi connectivity index (χ0n) is 11.6. The quantitative estimate of drug-likeness (QED) is 0.839. The van der Waals surface area contributed by atoms with Crippen LogP contribution in [0.5, 0.6) is 0 Å². The first-order chi connectivity index (χ1) is 9.69. The molecule has 1 amide bonds. The van der Waals surface area contributed by atoms with Gasteiger partial charge >= 0.3 is 0 Å². The second kappa shape index (κ2) is 6.70. The summed E-state index contributed by atoms with van der Waals surface area (Å²) >= 11 is 0. The van der Waals surface area contributed by atoms with Crippen molar-refractivity contribution in [1.29, 1.82) is 0 Å². The maximum Gasteiger partial charge on any atom is 0.292 e.